The van der Waals surface area contributed by atoms with Crippen LogP contribution < -0.4 is 0 Å². The van der Waals surface area contributed by atoms with E-state index in [4.69, 9.17) is 18.5 Å². The third-order valence-electron chi connectivity index (χ3n) is 8.56. The van der Waals surface area contributed by atoms with Gasteiger partial charge in [0.1, 0.15) is 12.2 Å². The number of aliphatic hydroxyl groups excluding tert-OH is 2. The molecular formula is C42H75O10P. The molecule has 3 N–H and O–H groups in total. The lowest BCUT2D eigenvalue weighted by atomic mass is 10.0. The summed E-state index contributed by atoms with van der Waals surface area (Å²) in [6, 6.07) is 0. The second-order valence-corrected chi connectivity index (χ2v) is 15.0. The van der Waals surface area contributed by atoms with Crippen molar-refractivity contribution in [2.45, 2.75) is 180 Å². The third-order valence-corrected chi connectivity index (χ3v) is 9.51. The molecule has 53 heavy (non-hydrogen) atoms. The molecule has 0 aromatic heterocycles. The van der Waals surface area contributed by atoms with Crippen LogP contribution in [-0.4, -0.2) is 65.7 Å². The molecule has 3 atom stereocenters. The summed E-state index contributed by atoms with van der Waals surface area (Å²) in [5.41, 5.74) is 0. The van der Waals surface area contributed by atoms with Crippen LogP contribution >= 0.6 is 7.82 Å². The molecule has 0 spiro atoms. The highest BCUT2D eigenvalue weighted by atomic mass is 31.2. The first-order valence-electron chi connectivity index (χ1n) is 20.6. The number of phosphoric ester groups is 1. The van der Waals surface area contributed by atoms with E-state index in [0.29, 0.717) is 12.8 Å². The van der Waals surface area contributed by atoms with Gasteiger partial charge in [0.05, 0.1) is 26.4 Å². The van der Waals surface area contributed by atoms with Gasteiger partial charge in [-0.1, -0.05) is 152 Å². The molecule has 11 heteroatoms. The van der Waals surface area contributed by atoms with Crippen molar-refractivity contribution in [1.82, 2.24) is 0 Å². The molecule has 10 nitrogen and oxygen atoms in total. The van der Waals surface area contributed by atoms with Gasteiger partial charge in [-0.05, 0) is 51.4 Å². The molecule has 0 aliphatic rings. The zero-order valence-electron chi connectivity index (χ0n) is 33.2. The van der Waals surface area contributed by atoms with Gasteiger partial charge in [-0.2, -0.15) is 0 Å². The topological polar surface area (TPSA) is 149 Å². The molecule has 0 fully saturated rings. The first kappa shape index (κ1) is 50.9. The van der Waals surface area contributed by atoms with Crippen molar-refractivity contribution >= 4 is 19.8 Å². The van der Waals surface area contributed by atoms with Crippen molar-refractivity contribution in [3.05, 3.63) is 48.6 Å². The summed E-state index contributed by atoms with van der Waals surface area (Å²) in [7, 11) is -4.64. The Hall–Kier alpha value is -2.07. The minimum atomic E-state index is -4.64. The van der Waals surface area contributed by atoms with Crippen LogP contribution in [0, 0.1) is 0 Å². The Labute approximate surface area is 322 Å². The molecule has 0 aliphatic carbocycles. The molecule has 0 amide bonds. The van der Waals surface area contributed by atoms with Gasteiger partial charge in [-0.15, -0.1) is 0 Å². The van der Waals surface area contributed by atoms with E-state index < -0.39 is 58.4 Å². The number of ether oxygens (including phenoxy) is 2. The van der Waals surface area contributed by atoms with Gasteiger partial charge in [0.15, 0.2) is 0 Å². The molecule has 0 saturated heterocycles. The fourth-order valence-corrected chi connectivity index (χ4v) is 6.18. The van der Waals surface area contributed by atoms with Crippen molar-refractivity contribution in [3.8, 4) is 0 Å². The van der Waals surface area contributed by atoms with Crippen molar-refractivity contribution < 1.29 is 47.8 Å². The number of phosphoric acid groups is 1. The van der Waals surface area contributed by atoms with Crippen LogP contribution in [0.25, 0.3) is 0 Å². The largest absolute Gasteiger partial charge is 0.472 e. The molecule has 0 saturated carbocycles. The molecule has 3 unspecified atom stereocenters. The zero-order chi connectivity index (χ0) is 39.1. The van der Waals surface area contributed by atoms with Crippen LogP contribution in [0.5, 0.6) is 0 Å². The van der Waals surface area contributed by atoms with Crippen LogP contribution in [-0.2, 0) is 32.7 Å². The number of carbonyl (C=O) groups excluding carboxylic acids is 2. The van der Waals surface area contributed by atoms with E-state index in [2.05, 4.69) is 62.5 Å². The predicted octanol–water partition coefficient (Wildman–Crippen LogP) is 10.6. The highest BCUT2D eigenvalue weighted by Gasteiger charge is 2.27. The SMILES string of the molecule is CC/C=C\C/C=C\C/C=C\C/C=C\CCCCC(=O)OC(CO)COP(=O)(O)OCC(CO)OC(=O)CCCCCCCCCCCCCCCCC. The molecular weight excluding hydrogens is 695 g/mol. The Morgan fingerprint density at radius 2 is 0.887 bits per heavy atom. The first-order chi connectivity index (χ1) is 25.8. The van der Waals surface area contributed by atoms with Gasteiger partial charge in [-0.25, -0.2) is 4.57 Å². The van der Waals surface area contributed by atoms with Crippen molar-refractivity contribution in [1.29, 1.82) is 0 Å². The van der Waals surface area contributed by atoms with Gasteiger partial charge in [0, 0.05) is 12.8 Å². The molecule has 0 aliphatic heterocycles. The summed E-state index contributed by atoms with van der Waals surface area (Å²) in [5, 5.41) is 19.1. The smallest absolute Gasteiger partial charge is 0.457 e. The Morgan fingerprint density at radius 1 is 0.528 bits per heavy atom. The molecule has 0 aromatic rings. The molecule has 0 bridgehead atoms. The van der Waals surface area contributed by atoms with Crippen LogP contribution in [0.2, 0.25) is 0 Å². The van der Waals surface area contributed by atoms with E-state index in [0.717, 1.165) is 57.8 Å². The third kappa shape index (κ3) is 36.7. The quantitative estimate of drug-likeness (QED) is 0.0240. The van der Waals surface area contributed by atoms with E-state index in [-0.39, 0.29) is 12.8 Å². The summed E-state index contributed by atoms with van der Waals surface area (Å²) in [6.45, 7) is 2.04. The Morgan fingerprint density at radius 3 is 1.28 bits per heavy atom. The molecule has 0 radical (unpaired) electrons. The minimum absolute atomic E-state index is 0.139. The maximum atomic E-state index is 12.3. The van der Waals surface area contributed by atoms with E-state index >= 15 is 0 Å². The number of esters is 2. The Bertz CT molecular complexity index is 1030. The number of aliphatic hydroxyl groups is 2. The average Bonchev–Trinajstić information content (AvgIpc) is 3.14. The number of hydrogen-bond donors (Lipinski definition) is 3. The van der Waals surface area contributed by atoms with Crippen molar-refractivity contribution in [3.63, 3.8) is 0 Å². The summed E-state index contributed by atoms with van der Waals surface area (Å²) in [4.78, 5) is 34.4. The standard InChI is InChI=1S/C42H75O10P/c1-3-5-7-9-11-13-15-17-19-21-23-25-27-29-31-33-41(45)51-39(35-43)37-49-53(47,48)50-38-40(36-44)52-42(46)34-32-30-28-26-24-22-20-18-16-14-12-10-8-6-4-2/h5,7,11,13,17,19,23,25,39-40,43-44H,3-4,6,8-10,12,14-16,18,20-22,24,26-38H2,1-2H3,(H,47,48)/b7-5-,13-11-,19-17-,25-23-. The van der Waals surface area contributed by atoms with Crippen LogP contribution in [0.3, 0.4) is 0 Å². The predicted molar refractivity (Wildman–Crippen MR) is 214 cm³/mol. The molecule has 0 aromatic carbocycles. The molecule has 0 rings (SSSR count). The highest BCUT2D eigenvalue weighted by molar-refractivity contribution is 7.47. The fourth-order valence-electron chi connectivity index (χ4n) is 5.40. The zero-order valence-corrected chi connectivity index (χ0v) is 34.1. The van der Waals surface area contributed by atoms with Gasteiger partial charge in [-0.3, -0.25) is 18.6 Å². The number of allylic oxidation sites excluding steroid dienone is 8. The lowest BCUT2D eigenvalue weighted by Crippen LogP contribution is -2.28. The lowest BCUT2D eigenvalue weighted by molar-refractivity contribution is -0.153. The van der Waals surface area contributed by atoms with Gasteiger partial charge in [0.2, 0.25) is 0 Å². The normalized spacial score (nSPS) is 14.4. The Kier molecular flexibility index (Phi) is 36.7. The highest BCUT2D eigenvalue weighted by Crippen LogP contribution is 2.43. The number of hydrogen-bond acceptors (Lipinski definition) is 9. The summed E-state index contributed by atoms with van der Waals surface area (Å²) >= 11 is 0. The van der Waals surface area contributed by atoms with Crippen molar-refractivity contribution in [2.24, 2.45) is 0 Å². The summed E-state index contributed by atoms with van der Waals surface area (Å²) in [6.07, 6.45) is 39.4. The van der Waals surface area contributed by atoms with E-state index in [9.17, 15) is 29.3 Å². The van der Waals surface area contributed by atoms with Crippen LogP contribution in [0.1, 0.15) is 168 Å². The second-order valence-electron chi connectivity index (χ2n) is 13.6. The van der Waals surface area contributed by atoms with Crippen molar-refractivity contribution in [2.75, 3.05) is 26.4 Å². The van der Waals surface area contributed by atoms with Crippen LogP contribution in [0.4, 0.5) is 0 Å². The maximum absolute atomic E-state index is 12.3. The first-order valence-corrected chi connectivity index (χ1v) is 22.1. The summed E-state index contributed by atoms with van der Waals surface area (Å²) in [5.74, 6) is -1.06. The number of rotatable bonds is 38. The maximum Gasteiger partial charge on any atom is 0.472 e. The van der Waals surface area contributed by atoms with Gasteiger partial charge < -0.3 is 24.6 Å². The second kappa shape index (κ2) is 38.2. The van der Waals surface area contributed by atoms with Gasteiger partial charge in [0.25, 0.3) is 0 Å². The number of carbonyl (C=O) groups is 2. The number of unbranched alkanes of at least 4 members (excludes halogenated alkanes) is 16. The van der Waals surface area contributed by atoms with Crippen LogP contribution in [0.15, 0.2) is 48.6 Å². The molecule has 308 valence electrons. The average molecular weight is 771 g/mol. The monoisotopic (exact) mass is 771 g/mol. The van der Waals surface area contributed by atoms with E-state index in [1.807, 2.05) is 0 Å². The Balaban J connectivity index is 4.00. The minimum Gasteiger partial charge on any atom is -0.457 e. The van der Waals surface area contributed by atoms with E-state index in [1.165, 1.54) is 70.6 Å². The molecule has 0 heterocycles. The van der Waals surface area contributed by atoms with Gasteiger partial charge >= 0.3 is 19.8 Å². The van der Waals surface area contributed by atoms with E-state index in [1.54, 1.807) is 0 Å². The summed E-state index contributed by atoms with van der Waals surface area (Å²) < 4.78 is 32.5. The fraction of sp³-hybridized carbons (Fsp3) is 0.762. The lowest BCUT2D eigenvalue weighted by Gasteiger charge is -2.20.